The number of hydrogen-bond donors (Lipinski definition) is 2. The van der Waals surface area contributed by atoms with Crippen LogP contribution in [0, 0.1) is 5.92 Å². The number of benzene rings is 2. The molecular weight excluding hydrogens is 408 g/mol. The van der Waals surface area contributed by atoms with Crippen molar-refractivity contribution in [2.45, 2.75) is 44.7 Å². The van der Waals surface area contributed by atoms with Crippen LogP contribution in [0.25, 0.3) is 0 Å². The van der Waals surface area contributed by atoms with Crippen LogP contribution in [0.1, 0.15) is 49.8 Å². The Bertz CT molecular complexity index is 926. The summed E-state index contributed by atoms with van der Waals surface area (Å²) in [4.78, 5) is 12.6. The van der Waals surface area contributed by atoms with E-state index in [0.29, 0.717) is 10.9 Å². The van der Waals surface area contributed by atoms with Gasteiger partial charge in [-0.25, -0.2) is 13.1 Å². The van der Waals surface area contributed by atoms with Gasteiger partial charge in [-0.05, 0) is 54.9 Å². The highest BCUT2D eigenvalue weighted by molar-refractivity contribution is 7.90. The van der Waals surface area contributed by atoms with Gasteiger partial charge in [0.2, 0.25) is 15.9 Å². The second-order valence-corrected chi connectivity index (χ2v) is 9.99. The molecule has 0 radical (unpaired) electrons. The lowest BCUT2D eigenvalue weighted by molar-refractivity contribution is -0.119. The maximum atomic E-state index is 12.6. The Hall–Kier alpha value is -1.89. The Morgan fingerprint density at radius 1 is 1.03 bits per heavy atom. The van der Waals surface area contributed by atoms with Gasteiger partial charge in [0.1, 0.15) is 5.75 Å². The standard InChI is InChI=1S/C22H27ClN2O3S/c1-16-10-12-20(13-11-16)25-29(27,28)15-21(26)24-22(17-6-3-2-4-7-17)18-8-5-9-19(23)14-18/h2-9,14,16,20,22,25H,10-13,15H2,1H3,(H,24,26). The van der Waals surface area contributed by atoms with E-state index < -0.39 is 27.7 Å². The van der Waals surface area contributed by atoms with Crippen LogP contribution in [-0.2, 0) is 14.8 Å². The topological polar surface area (TPSA) is 75.3 Å². The molecule has 0 heterocycles. The molecule has 0 aromatic heterocycles. The molecule has 1 aliphatic carbocycles. The van der Waals surface area contributed by atoms with Crippen LogP contribution in [0.5, 0.6) is 0 Å². The number of carbonyl (C=O) groups excluding carboxylic acids is 1. The summed E-state index contributed by atoms with van der Waals surface area (Å²) in [5, 5.41) is 3.41. The van der Waals surface area contributed by atoms with Gasteiger partial charge in [-0.15, -0.1) is 0 Å². The summed E-state index contributed by atoms with van der Waals surface area (Å²) < 4.78 is 27.7. The summed E-state index contributed by atoms with van der Waals surface area (Å²) in [6, 6.07) is 16.1. The fourth-order valence-electron chi connectivity index (χ4n) is 3.74. The first-order valence-corrected chi connectivity index (χ1v) is 12.0. The number of amides is 1. The molecule has 1 atom stereocenters. The predicted octanol–water partition coefficient (Wildman–Crippen LogP) is 4.04. The maximum absolute atomic E-state index is 12.6. The van der Waals surface area contributed by atoms with Crippen molar-refractivity contribution >= 4 is 27.5 Å². The van der Waals surface area contributed by atoms with E-state index in [2.05, 4.69) is 17.0 Å². The quantitative estimate of drug-likeness (QED) is 0.690. The molecule has 0 bridgehead atoms. The van der Waals surface area contributed by atoms with Crippen molar-refractivity contribution in [3.63, 3.8) is 0 Å². The zero-order valence-electron chi connectivity index (χ0n) is 16.5. The van der Waals surface area contributed by atoms with Gasteiger partial charge in [-0.3, -0.25) is 4.79 Å². The Morgan fingerprint density at radius 2 is 1.69 bits per heavy atom. The predicted molar refractivity (Wildman–Crippen MR) is 116 cm³/mol. The number of carbonyl (C=O) groups is 1. The SMILES string of the molecule is CC1CCC(NS(=O)(=O)CC(=O)NC(c2ccccc2)c2cccc(Cl)c2)CC1. The third kappa shape index (κ3) is 6.56. The molecule has 7 heteroatoms. The lowest BCUT2D eigenvalue weighted by Gasteiger charge is -2.26. The summed E-state index contributed by atoms with van der Waals surface area (Å²) in [6.07, 6.45) is 3.64. The van der Waals surface area contributed by atoms with Crippen LogP contribution in [-0.4, -0.2) is 26.1 Å². The van der Waals surface area contributed by atoms with Crippen molar-refractivity contribution < 1.29 is 13.2 Å². The van der Waals surface area contributed by atoms with Crippen molar-refractivity contribution in [3.8, 4) is 0 Å². The molecule has 3 rings (SSSR count). The molecule has 1 fully saturated rings. The van der Waals surface area contributed by atoms with E-state index >= 15 is 0 Å². The van der Waals surface area contributed by atoms with Crippen LogP contribution in [0.15, 0.2) is 54.6 Å². The van der Waals surface area contributed by atoms with Crippen molar-refractivity contribution in [2.75, 3.05) is 5.75 Å². The van der Waals surface area contributed by atoms with E-state index in [9.17, 15) is 13.2 Å². The minimum Gasteiger partial charge on any atom is -0.344 e. The lowest BCUT2D eigenvalue weighted by atomic mass is 9.88. The first kappa shape index (κ1) is 21.8. The second kappa shape index (κ2) is 9.74. The summed E-state index contributed by atoms with van der Waals surface area (Å²) in [6.45, 7) is 2.18. The Labute approximate surface area is 177 Å². The highest BCUT2D eigenvalue weighted by Gasteiger charge is 2.26. The average molecular weight is 435 g/mol. The van der Waals surface area contributed by atoms with Crippen molar-refractivity contribution in [3.05, 3.63) is 70.7 Å². The molecule has 2 aromatic rings. The van der Waals surface area contributed by atoms with Crippen LogP contribution < -0.4 is 10.0 Å². The summed E-state index contributed by atoms with van der Waals surface area (Å²) >= 11 is 6.12. The zero-order valence-corrected chi connectivity index (χ0v) is 18.0. The molecule has 0 saturated heterocycles. The van der Waals surface area contributed by atoms with E-state index in [4.69, 9.17) is 11.6 Å². The third-order valence-electron chi connectivity index (χ3n) is 5.30. The normalized spacial score (nSPS) is 20.8. The van der Waals surface area contributed by atoms with Crippen LogP contribution in [0.3, 0.4) is 0 Å². The van der Waals surface area contributed by atoms with Gasteiger partial charge in [0, 0.05) is 11.1 Å². The molecule has 0 spiro atoms. The molecule has 0 aliphatic heterocycles. The van der Waals surface area contributed by atoms with Gasteiger partial charge >= 0.3 is 0 Å². The van der Waals surface area contributed by atoms with Gasteiger partial charge < -0.3 is 5.32 Å². The average Bonchev–Trinajstić information content (AvgIpc) is 2.68. The van der Waals surface area contributed by atoms with Gasteiger partial charge in [0.25, 0.3) is 0 Å². The largest absolute Gasteiger partial charge is 0.344 e. The Kier molecular flexibility index (Phi) is 7.33. The molecule has 1 unspecified atom stereocenters. The number of nitrogens with one attached hydrogen (secondary N) is 2. The fraction of sp³-hybridized carbons (Fsp3) is 0.409. The Balaban J connectivity index is 1.70. The van der Waals surface area contributed by atoms with Gasteiger partial charge in [0.15, 0.2) is 0 Å². The summed E-state index contributed by atoms with van der Waals surface area (Å²) in [7, 11) is -3.70. The number of halogens is 1. The number of sulfonamides is 1. The number of hydrogen-bond acceptors (Lipinski definition) is 3. The van der Waals surface area contributed by atoms with E-state index in [1.807, 2.05) is 42.5 Å². The second-order valence-electron chi connectivity index (χ2n) is 7.80. The monoisotopic (exact) mass is 434 g/mol. The van der Waals surface area contributed by atoms with Gasteiger partial charge in [-0.1, -0.05) is 61.0 Å². The summed E-state index contributed by atoms with van der Waals surface area (Å²) in [5.74, 6) is -0.512. The molecule has 2 aromatic carbocycles. The molecular formula is C22H27ClN2O3S. The zero-order chi connectivity index (χ0) is 20.9. The first-order valence-electron chi connectivity index (χ1n) is 9.92. The van der Waals surface area contributed by atoms with Gasteiger partial charge in [-0.2, -0.15) is 0 Å². The molecule has 29 heavy (non-hydrogen) atoms. The lowest BCUT2D eigenvalue weighted by Crippen LogP contribution is -2.43. The van der Waals surface area contributed by atoms with Crippen LogP contribution >= 0.6 is 11.6 Å². The van der Waals surface area contributed by atoms with E-state index in [1.54, 1.807) is 12.1 Å². The molecule has 5 nitrogen and oxygen atoms in total. The van der Waals surface area contributed by atoms with Crippen molar-refractivity contribution in [1.29, 1.82) is 0 Å². The third-order valence-corrected chi connectivity index (χ3v) is 6.87. The molecule has 2 N–H and O–H groups in total. The van der Waals surface area contributed by atoms with E-state index in [1.165, 1.54) is 0 Å². The fourth-order valence-corrected chi connectivity index (χ4v) is 5.19. The maximum Gasteiger partial charge on any atom is 0.237 e. The molecule has 156 valence electrons. The minimum atomic E-state index is -3.70. The highest BCUT2D eigenvalue weighted by atomic mass is 35.5. The van der Waals surface area contributed by atoms with Crippen molar-refractivity contribution in [2.24, 2.45) is 5.92 Å². The number of rotatable bonds is 7. The van der Waals surface area contributed by atoms with E-state index in [0.717, 1.165) is 36.8 Å². The molecule has 1 saturated carbocycles. The van der Waals surface area contributed by atoms with Gasteiger partial charge in [0.05, 0.1) is 6.04 Å². The molecule has 1 amide bonds. The smallest absolute Gasteiger partial charge is 0.237 e. The highest BCUT2D eigenvalue weighted by Crippen LogP contribution is 2.25. The van der Waals surface area contributed by atoms with Crippen LogP contribution in [0.2, 0.25) is 5.02 Å². The Morgan fingerprint density at radius 3 is 2.34 bits per heavy atom. The minimum absolute atomic E-state index is 0.0816. The van der Waals surface area contributed by atoms with Crippen LogP contribution in [0.4, 0.5) is 0 Å². The first-order chi connectivity index (χ1) is 13.8. The summed E-state index contributed by atoms with van der Waals surface area (Å²) in [5.41, 5.74) is 1.65. The van der Waals surface area contributed by atoms with Crippen molar-refractivity contribution in [1.82, 2.24) is 10.0 Å². The molecule has 1 aliphatic rings. The van der Waals surface area contributed by atoms with E-state index in [-0.39, 0.29) is 6.04 Å².